The zero-order chi connectivity index (χ0) is 15.6. The maximum atomic E-state index is 12.7. The summed E-state index contributed by atoms with van der Waals surface area (Å²) in [6.45, 7) is 9.07. The Morgan fingerprint density at radius 1 is 1.23 bits per heavy atom. The second-order valence-corrected chi connectivity index (χ2v) is 7.44. The number of rotatable bonds is 2. The van der Waals surface area contributed by atoms with Crippen LogP contribution in [0.2, 0.25) is 0 Å². The van der Waals surface area contributed by atoms with Crippen molar-refractivity contribution in [3.05, 3.63) is 0 Å². The predicted octanol–water partition coefficient (Wildman–Crippen LogP) is 1.51. The van der Waals surface area contributed by atoms with Gasteiger partial charge in [-0.1, -0.05) is 20.8 Å². The van der Waals surface area contributed by atoms with E-state index in [1.54, 1.807) is 0 Å². The van der Waals surface area contributed by atoms with Gasteiger partial charge in [-0.3, -0.25) is 9.59 Å². The molecule has 2 unspecified atom stereocenters. The molecule has 0 radical (unpaired) electrons. The molecule has 2 heterocycles. The largest absolute Gasteiger partial charge is 0.341 e. The predicted molar refractivity (Wildman–Crippen MR) is 90.1 cm³/mol. The lowest BCUT2D eigenvalue weighted by molar-refractivity contribution is -0.145. The number of amides is 2. The summed E-state index contributed by atoms with van der Waals surface area (Å²) in [6.07, 6.45) is 2.85. The second kappa shape index (κ2) is 7.64. The zero-order valence-electron chi connectivity index (χ0n) is 14.2. The molecule has 2 rings (SSSR count). The van der Waals surface area contributed by atoms with Crippen LogP contribution in [0.4, 0.5) is 0 Å². The normalized spacial score (nSPS) is 25.5. The minimum Gasteiger partial charge on any atom is -0.341 e. The number of halogens is 1. The van der Waals surface area contributed by atoms with Gasteiger partial charge in [-0.15, -0.1) is 12.4 Å². The molecule has 2 amide bonds. The maximum absolute atomic E-state index is 12.7. The van der Waals surface area contributed by atoms with Crippen molar-refractivity contribution < 1.29 is 9.59 Å². The zero-order valence-corrected chi connectivity index (χ0v) is 15.0. The molecule has 1 N–H and O–H groups in total. The van der Waals surface area contributed by atoms with E-state index < -0.39 is 0 Å². The average molecular weight is 332 g/mol. The fourth-order valence-electron chi connectivity index (χ4n) is 3.28. The third-order valence-electron chi connectivity index (χ3n) is 4.63. The number of hydrogen-bond donors (Lipinski definition) is 1. The van der Waals surface area contributed by atoms with E-state index in [9.17, 15) is 9.59 Å². The molecule has 0 aliphatic carbocycles. The Bertz CT molecular complexity index is 403. The highest BCUT2D eigenvalue weighted by atomic mass is 35.5. The van der Waals surface area contributed by atoms with Gasteiger partial charge >= 0.3 is 0 Å². The van der Waals surface area contributed by atoms with Gasteiger partial charge in [0.05, 0.1) is 5.92 Å². The highest BCUT2D eigenvalue weighted by molar-refractivity contribution is 5.85. The lowest BCUT2D eigenvalue weighted by atomic mass is 9.90. The first-order chi connectivity index (χ1) is 9.80. The van der Waals surface area contributed by atoms with E-state index in [0.29, 0.717) is 12.6 Å². The average Bonchev–Trinajstić information content (AvgIpc) is 2.98. The van der Waals surface area contributed by atoms with E-state index >= 15 is 0 Å². The van der Waals surface area contributed by atoms with E-state index in [0.717, 1.165) is 38.9 Å². The summed E-state index contributed by atoms with van der Waals surface area (Å²) in [7, 11) is 1.91. The Kier molecular flexibility index (Phi) is 6.68. The van der Waals surface area contributed by atoms with Gasteiger partial charge in [0, 0.05) is 38.1 Å². The van der Waals surface area contributed by atoms with Crippen LogP contribution in [-0.2, 0) is 9.59 Å². The van der Waals surface area contributed by atoms with Crippen LogP contribution in [0.25, 0.3) is 0 Å². The van der Waals surface area contributed by atoms with Crippen molar-refractivity contribution in [3.8, 4) is 0 Å². The second-order valence-electron chi connectivity index (χ2n) is 7.44. The molecule has 5 nitrogen and oxygen atoms in total. The van der Waals surface area contributed by atoms with E-state index in [1.807, 2.05) is 37.6 Å². The van der Waals surface area contributed by atoms with Gasteiger partial charge in [0.15, 0.2) is 0 Å². The van der Waals surface area contributed by atoms with Crippen LogP contribution in [0, 0.1) is 11.3 Å². The van der Waals surface area contributed by atoms with Crippen molar-refractivity contribution in [2.75, 3.05) is 33.2 Å². The van der Waals surface area contributed by atoms with Gasteiger partial charge in [-0.2, -0.15) is 0 Å². The molecule has 2 aliphatic rings. The molecule has 0 spiro atoms. The number of hydrogen-bond acceptors (Lipinski definition) is 3. The quantitative estimate of drug-likeness (QED) is 0.834. The number of likely N-dealkylation sites (N-methyl/N-ethyl adjacent to an activating group) is 1. The van der Waals surface area contributed by atoms with Crippen molar-refractivity contribution in [1.82, 2.24) is 15.1 Å². The van der Waals surface area contributed by atoms with E-state index in [4.69, 9.17) is 0 Å². The van der Waals surface area contributed by atoms with Crippen LogP contribution in [0.3, 0.4) is 0 Å². The Balaban J connectivity index is 0.00000242. The molecular formula is C16H30ClN3O2. The maximum Gasteiger partial charge on any atom is 0.227 e. The first kappa shape index (κ1) is 19.2. The van der Waals surface area contributed by atoms with Crippen molar-refractivity contribution in [2.45, 2.75) is 46.1 Å². The Labute approximate surface area is 140 Å². The minimum atomic E-state index is -0.369. The minimum absolute atomic E-state index is 0. The Morgan fingerprint density at radius 2 is 1.91 bits per heavy atom. The smallest absolute Gasteiger partial charge is 0.227 e. The van der Waals surface area contributed by atoms with Crippen LogP contribution < -0.4 is 5.32 Å². The van der Waals surface area contributed by atoms with Gasteiger partial charge in [0.25, 0.3) is 0 Å². The van der Waals surface area contributed by atoms with E-state index in [-0.39, 0.29) is 35.6 Å². The van der Waals surface area contributed by atoms with Gasteiger partial charge in [0.1, 0.15) is 0 Å². The summed E-state index contributed by atoms with van der Waals surface area (Å²) in [5.74, 6) is 0.330. The number of piperidine rings is 1. The van der Waals surface area contributed by atoms with Gasteiger partial charge in [-0.05, 0) is 25.8 Å². The number of nitrogens with zero attached hydrogens (tertiary/aromatic N) is 2. The summed E-state index contributed by atoms with van der Waals surface area (Å²) in [4.78, 5) is 28.8. The highest BCUT2D eigenvalue weighted by Crippen LogP contribution is 2.25. The van der Waals surface area contributed by atoms with Crippen molar-refractivity contribution in [3.63, 3.8) is 0 Å². The number of carbonyl (C=O) groups excluding carboxylic acids is 2. The molecule has 0 aromatic rings. The van der Waals surface area contributed by atoms with Crippen molar-refractivity contribution in [1.29, 1.82) is 0 Å². The summed E-state index contributed by atoms with van der Waals surface area (Å²) in [6, 6.07) is 0.311. The van der Waals surface area contributed by atoms with Gasteiger partial charge in [-0.25, -0.2) is 0 Å². The monoisotopic (exact) mass is 331 g/mol. The van der Waals surface area contributed by atoms with Crippen molar-refractivity contribution in [2.24, 2.45) is 11.3 Å². The topological polar surface area (TPSA) is 52.7 Å². The van der Waals surface area contributed by atoms with Gasteiger partial charge in [0.2, 0.25) is 11.8 Å². The summed E-state index contributed by atoms with van der Waals surface area (Å²) in [5, 5.41) is 3.30. The first-order valence-corrected chi connectivity index (χ1v) is 8.07. The Morgan fingerprint density at radius 3 is 2.45 bits per heavy atom. The molecule has 0 saturated carbocycles. The van der Waals surface area contributed by atoms with Crippen LogP contribution >= 0.6 is 12.4 Å². The molecule has 6 heteroatoms. The SMILES string of the molecule is CN(C(=O)C1CCCN(C(=O)C(C)(C)C)C1)C1CCNC1.Cl. The summed E-state index contributed by atoms with van der Waals surface area (Å²) in [5.41, 5.74) is -0.369. The highest BCUT2D eigenvalue weighted by Gasteiger charge is 2.35. The van der Waals surface area contributed by atoms with Gasteiger partial charge < -0.3 is 15.1 Å². The molecule has 2 aliphatic heterocycles. The van der Waals surface area contributed by atoms with E-state index in [2.05, 4.69) is 5.32 Å². The van der Waals surface area contributed by atoms with Crippen LogP contribution in [-0.4, -0.2) is 60.9 Å². The summed E-state index contributed by atoms with van der Waals surface area (Å²) < 4.78 is 0. The molecule has 128 valence electrons. The van der Waals surface area contributed by atoms with E-state index in [1.165, 1.54) is 0 Å². The Hall–Kier alpha value is -0.810. The third kappa shape index (κ3) is 4.35. The molecule has 0 aromatic heterocycles. The number of nitrogens with one attached hydrogen (secondary N) is 1. The molecule has 2 saturated heterocycles. The van der Waals surface area contributed by atoms with Crippen LogP contribution in [0.15, 0.2) is 0 Å². The third-order valence-corrected chi connectivity index (χ3v) is 4.63. The lowest BCUT2D eigenvalue weighted by Crippen LogP contribution is -2.50. The lowest BCUT2D eigenvalue weighted by Gasteiger charge is -2.38. The number of likely N-dealkylation sites (tertiary alicyclic amines) is 1. The molecule has 0 bridgehead atoms. The number of carbonyl (C=O) groups is 2. The van der Waals surface area contributed by atoms with Crippen molar-refractivity contribution >= 4 is 24.2 Å². The standard InChI is InChI=1S/C16H29N3O2.ClH/c1-16(2,3)15(21)19-9-5-6-12(11-19)14(20)18(4)13-7-8-17-10-13;/h12-13,17H,5-11H2,1-4H3;1H. The molecule has 2 atom stereocenters. The fraction of sp³-hybridized carbons (Fsp3) is 0.875. The molecule has 2 fully saturated rings. The van der Waals surface area contributed by atoms with Crippen LogP contribution in [0.5, 0.6) is 0 Å². The molecule has 0 aromatic carbocycles. The fourth-order valence-corrected chi connectivity index (χ4v) is 3.28. The summed E-state index contributed by atoms with van der Waals surface area (Å²) >= 11 is 0. The van der Waals surface area contributed by atoms with Crippen LogP contribution in [0.1, 0.15) is 40.0 Å². The first-order valence-electron chi connectivity index (χ1n) is 8.07. The molecule has 22 heavy (non-hydrogen) atoms. The molecular weight excluding hydrogens is 302 g/mol.